The number of rotatable bonds is 2. The molecule has 0 amide bonds. The Morgan fingerprint density at radius 3 is 2.62 bits per heavy atom. The molecule has 0 radical (unpaired) electrons. The standard InChI is InChI=1S/C10H13F3N2O/c11-10(12,13)8-6-16-9(15-8)5-7-1-3-14-4-2-7/h6-7,14H,1-5H2. The Morgan fingerprint density at radius 1 is 1.38 bits per heavy atom. The summed E-state index contributed by atoms with van der Waals surface area (Å²) < 4.78 is 41.6. The molecule has 6 heteroatoms. The molecule has 0 aliphatic carbocycles. The molecule has 1 N–H and O–H groups in total. The van der Waals surface area contributed by atoms with Gasteiger partial charge in [-0.3, -0.25) is 0 Å². The maximum Gasteiger partial charge on any atom is 0.436 e. The first kappa shape index (κ1) is 11.4. The predicted octanol–water partition coefficient (Wildman–Crippen LogP) is 2.24. The van der Waals surface area contributed by atoms with Crippen LogP contribution in [0.5, 0.6) is 0 Å². The van der Waals surface area contributed by atoms with Gasteiger partial charge in [0.05, 0.1) is 0 Å². The zero-order valence-corrected chi connectivity index (χ0v) is 8.68. The fraction of sp³-hybridized carbons (Fsp3) is 0.700. The molecule has 0 bridgehead atoms. The number of piperidine rings is 1. The van der Waals surface area contributed by atoms with Crippen LogP contribution in [-0.2, 0) is 12.6 Å². The number of hydrogen-bond acceptors (Lipinski definition) is 3. The van der Waals surface area contributed by atoms with Crippen LogP contribution in [0.4, 0.5) is 13.2 Å². The average molecular weight is 234 g/mol. The Balaban J connectivity index is 1.97. The summed E-state index contributed by atoms with van der Waals surface area (Å²) in [7, 11) is 0. The maximum atomic E-state index is 12.2. The van der Waals surface area contributed by atoms with Gasteiger partial charge in [-0.05, 0) is 31.8 Å². The van der Waals surface area contributed by atoms with Crippen molar-refractivity contribution in [1.82, 2.24) is 10.3 Å². The summed E-state index contributed by atoms with van der Waals surface area (Å²) in [6.45, 7) is 1.83. The van der Waals surface area contributed by atoms with Crippen molar-refractivity contribution in [2.45, 2.75) is 25.4 Å². The van der Waals surface area contributed by atoms with E-state index < -0.39 is 11.9 Å². The van der Waals surface area contributed by atoms with Crippen LogP contribution in [0.2, 0.25) is 0 Å². The van der Waals surface area contributed by atoms with E-state index in [1.165, 1.54) is 0 Å². The molecule has 1 aromatic heterocycles. The molecular formula is C10H13F3N2O. The number of halogens is 3. The molecule has 90 valence electrons. The van der Waals surface area contributed by atoms with E-state index in [0.29, 0.717) is 18.6 Å². The molecular weight excluding hydrogens is 221 g/mol. The second kappa shape index (κ2) is 4.45. The van der Waals surface area contributed by atoms with Crippen LogP contribution in [-0.4, -0.2) is 18.1 Å². The lowest BCUT2D eigenvalue weighted by molar-refractivity contribution is -0.141. The van der Waals surface area contributed by atoms with E-state index in [-0.39, 0.29) is 5.89 Å². The van der Waals surface area contributed by atoms with Crippen LogP contribution in [0.25, 0.3) is 0 Å². The first-order valence-corrected chi connectivity index (χ1v) is 5.28. The molecule has 0 atom stereocenters. The molecule has 1 aliphatic rings. The van der Waals surface area contributed by atoms with Gasteiger partial charge in [-0.2, -0.15) is 13.2 Å². The monoisotopic (exact) mass is 234 g/mol. The number of oxazole rings is 1. The van der Waals surface area contributed by atoms with E-state index in [1.54, 1.807) is 0 Å². The fourth-order valence-electron chi connectivity index (χ4n) is 1.87. The topological polar surface area (TPSA) is 38.1 Å². The van der Waals surface area contributed by atoms with Crippen LogP contribution < -0.4 is 5.32 Å². The summed E-state index contributed by atoms with van der Waals surface area (Å²) >= 11 is 0. The number of alkyl halides is 3. The molecule has 0 aromatic carbocycles. The minimum absolute atomic E-state index is 0.194. The van der Waals surface area contributed by atoms with E-state index in [2.05, 4.69) is 10.3 Å². The maximum absolute atomic E-state index is 12.2. The fourth-order valence-corrected chi connectivity index (χ4v) is 1.87. The first-order valence-electron chi connectivity index (χ1n) is 5.28. The second-order valence-electron chi connectivity index (χ2n) is 4.02. The summed E-state index contributed by atoms with van der Waals surface area (Å²) in [5, 5.41) is 3.20. The van der Waals surface area contributed by atoms with Crippen LogP contribution in [0.15, 0.2) is 10.7 Å². The van der Waals surface area contributed by atoms with Gasteiger partial charge in [0, 0.05) is 6.42 Å². The lowest BCUT2D eigenvalue weighted by Crippen LogP contribution is -2.28. The third-order valence-electron chi connectivity index (χ3n) is 2.76. The van der Waals surface area contributed by atoms with Crippen molar-refractivity contribution in [2.24, 2.45) is 5.92 Å². The number of nitrogens with zero attached hydrogens (tertiary/aromatic N) is 1. The minimum Gasteiger partial charge on any atom is -0.448 e. The van der Waals surface area contributed by atoms with Crippen LogP contribution >= 0.6 is 0 Å². The van der Waals surface area contributed by atoms with Gasteiger partial charge in [0.25, 0.3) is 0 Å². The Bertz CT molecular complexity index is 342. The Morgan fingerprint density at radius 2 is 2.06 bits per heavy atom. The van der Waals surface area contributed by atoms with E-state index in [9.17, 15) is 13.2 Å². The lowest BCUT2D eigenvalue weighted by atomic mass is 9.95. The van der Waals surface area contributed by atoms with Gasteiger partial charge in [-0.15, -0.1) is 0 Å². The molecule has 3 nitrogen and oxygen atoms in total. The van der Waals surface area contributed by atoms with Crippen molar-refractivity contribution in [1.29, 1.82) is 0 Å². The smallest absolute Gasteiger partial charge is 0.436 e. The van der Waals surface area contributed by atoms with E-state index in [4.69, 9.17) is 4.42 Å². The Kier molecular flexibility index (Phi) is 3.18. The number of hydrogen-bond donors (Lipinski definition) is 1. The lowest BCUT2D eigenvalue weighted by Gasteiger charge is -2.20. The van der Waals surface area contributed by atoms with Crippen LogP contribution in [0, 0.1) is 5.92 Å². The highest BCUT2D eigenvalue weighted by molar-refractivity contribution is 5.01. The zero-order chi connectivity index (χ0) is 11.6. The summed E-state index contributed by atoms with van der Waals surface area (Å²) in [5.41, 5.74) is -0.934. The van der Waals surface area contributed by atoms with Crippen LogP contribution in [0.3, 0.4) is 0 Å². The molecule has 0 spiro atoms. The van der Waals surface area contributed by atoms with Gasteiger partial charge in [0.1, 0.15) is 6.26 Å². The third kappa shape index (κ3) is 2.75. The van der Waals surface area contributed by atoms with Gasteiger partial charge < -0.3 is 9.73 Å². The molecule has 1 fully saturated rings. The highest BCUT2D eigenvalue weighted by Gasteiger charge is 2.34. The largest absolute Gasteiger partial charge is 0.448 e. The first-order chi connectivity index (χ1) is 7.55. The molecule has 0 saturated carbocycles. The van der Waals surface area contributed by atoms with Gasteiger partial charge in [0.2, 0.25) is 0 Å². The average Bonchev–Trinajstić information content (AvgIpc) is 2.67. The highest BCUT2D eigenvalue weighted by Crippen LogP contribution is 2.29. The molecule has 2 rings (SSSR count). The normalized spacial score (nSPS) is 18.9. The van der Waals surface area contributed by atoms with Crippen molar-refractivity contribution in [2.75, 3.05) is 13.1 Å². The SMILES string of the molecule is FC(F)(F)c1coc(CC2CCNCC2)n1. The van der Waals surface area contributed by atoms with Crippen molar-refractivity contribution in [3.63, 3.8) is 0 Å². The molecule has 1 aromatic rings. The molecule has 2 heterocycles. The van der Waals surface area contributed by atoms with Gasteiger partial charge in [0.15, 0.2) is 11.6 Å². The third-order valence-corrected chi connectivity index (χ3v) is 2.76. The second-order valence-corrected chi connectivity index (χ2v) is 4.02. The molecule has 0 unspecified atom stereocenters. The quantitative estimate of drug-likeness (QED) is 0.852. The zero-order valence-electron chi connectivity index (χ0n) is 8.68. The summed E-state index contributed by atoms with van der Waals surface area (Å²) in [6, 6.07) is 0. The van der Waals surface area contributed by atoms with E-state index >= 15 is 0 Å². The van der Waals surface area contributed by atoms with Gasteiger partial charge in [-0.1, -0.05) is 0 Å². The van der Waals surface area contributed by atoms with Crippen LogP contribution in [0.1, 0.15) is 24.4 Å². The summed E-state index contributed by atoms with van der Waals surface area (Å²) in [6.07, 6.45) is -1.29. The number of aromatic nitrogens is 1. The van der Waals surface area contributed by atoms with E-state index in [1.807, 2.05) is 0 Å². The van der Waals surface area contributed by atoms with Crippen molar-refractivity contribution in [3.8, 4) is 0 Å². The highest BCUT2D eigenvalue weighted by atomic mass is 19.4. The van der Waals surface area contributed by atoms with Crippen molar-refractivity contribution in [3.05, 3.63) is 17.8 Å². The molecule has 1 aliphatic heterocycles. The van der Waals surface area contributed by atoms with Crippen molar-refractivity contribution >= 4 is 0 Å². The summed E-state index contributed by atoms with van der Waals surface area (Å²) in [4.78, 5) is 3.46. The Hall–Kier alpha value is -1.04. The van der Waals surface area contributed by atoms with Crippen molar-refractivity contribution < 1.29 is 17.6 Å². The summed E-state index contributed by atoms with van der Waals surface area (Å²) in [5.74, 6) is 0.570. The molecule has 1 saturated heterocycles. The minimum atomic E-state index is -4.41. The van der Waals surface area contributed by atoms with Gasteiger partial charge in [-0.25, -0.2) is 4.98 Å². The van der Waals surface area contributed by atoms with Gasteiger partial charge >= 0.3 is 6.18 Å². The molecule has 16 heavy (non-hydrogen) atoms. The predicted molar refractivity (Wildman–Crippen MR) is 50.8 cm³/mol. The Labute approximate surface area is 91.0 Å². The number of nitrogens with one attached hydrogen (secondary N) is 1. The van der Waals surface area contributed by atoms with E-state index in [0.717, 1.165) is 25.9 Å².